The number of hydrogen-bond acceptors (Lipinski definition) is 4. The Morgan fingerprint density at radius 1 is 1.44 bits per heavy atom. The summed E-state index contributed by atoms with van der Waals surface area (Å²) in [6.45, 7) is 0. The zero-order valence-electron chi connectivity index (χ0n) is 10.6. The lowest BCUT2D eigenvalue weighted by Crippen LogP contribution is -2.15. The number of carbonyl (C=O) groups excluding carboxylic acids is 1. The van der Waals surface area contributed by atoms with Gasteiger partial charge in [-0.1, -0.05) is 6.07 Å². The van der Waals surface area contributed by atoms with E-state index in [4.69, 9.17) is 9.47 Å². The van der Waals surface area contributed by atoms with Crippen LogP contribution in [0.2, 0.25) is 0 Å². The monoisotopic (exact) mass is 266 g/mol. The molecule has 0 aromatic heterocycles. The Hall–Kier alpha value is -1.16. The fourth-order valence-electron chi connectivity index (χ4n) is 1.98. The zero-order valence-corrected chi connectivity index (χ0v) is 11.4. The smallest absolute Gasteiger partial charge is 0.161 e. The molecule has 0 saturated carbocycles. The van der Waals surface area contributed by atoms with Crippen LogP contribution in [-0.2, 0) is 11.2 Å². The molecule has 98 valence electrons. The fourth-order valence-corrected chi connectivity index (χ4v) is 3.07. The lowest BCUT2D eigenvalue weighted by molar-refractivity contribution is -0.107. The molecule has 1 aliphatic rings. The van der Waals surface area contributed by atoms with Crippen LogP contribution in [0.1, 0.15) is 18.4 Å². The molecule has 1 saturated heterocycles. The third-order valence-corrected chi connectivity index (χ3v) is 4.09. The van der Waals surface area contributed by atoms with E-state index in [1.54, 1.807) is 7.11 Å². The molecule has 0 N–H and O–H groups in total. The average molecular weight is 266 g/mol. The summed E-state index contributed by atoms with van der Waals surface area (Å²) in [6.07, 6.45) is 3.62. The summed E-state index contributed by atoms with van der Waals surface area (Å²) in [6, 6.07) is 5.89. The molecule has 1 atom stereocenters. The number of aryl methyl sites for hydroxylation is 1. The Balaban J connectivity index is 2.10. The largest absolute Gasteiger partial charge is 0.493 e. The molecule has 1 aromatic carbocycles. The van der Waals surface area contributed by atoms with Gasteiger partial charge in [0.2, 0.25) is 0 Å². The number of benzene rings is 1. The second-order valence-electron chi connectivity index (χ2n) is 4.29. The molecular formula is C14H18O3S. The van der Waals surface area contributed by atoms with Gasteiger partial charge in [0, 0.05) is 12.2 Å². The summed E-state index contributed by atoms with van der Waals surface area (Å²) in [7, 11) is 1.65. The molecule has 0 spiro atoms. The molecule has 0 aliphatic carbocycles. The quantitative estimate of drug-likeness (QED) is 0.742. The molecule has 0 amide bonds. The molecule has 1 aliphatic heterocycles. The van der Waals surface area contributed by atoms with Crippen LogP contribution in [0.5, 0.6) is 11.5 Å². The predicted octanol–water partition coefficient (Wildman–Crippen LogP) is 2.71. The van der Waals surface area contributed by atoms with Crippen LogP contribution in [-0.4, -0.2) is 31.0 Å². The van der Waals surface area contributed by atoms with Crippen LogP contribution in [0.3, 0.4) is 0 Å². The maximum absolute atomic E-state index is 10.4. The van der Waals surface area contributed by atoms with Crippen molar-refractivity contribution in [1.29, 1.82) is 0 Å². The fraction of sp³-hybridized carbons (Fsp3) is 0.500. The lowest BCUT2D eigenvalue weighted by Gasteiger charge is -2.16. The third-order valence-electron chi connectivity index (χ3n) is 2.96. The van der Waals surface area contributed by atoms with Crippen molar-refractivity contribution >= 4 is 18.0 Å². The minimum absolute atomic E-state index is 0.283. The highest BCUT2D eigenvalue weighted by atomic mass is 32.2. The normalized spacial score (nSPS) is 18.6. The summed E-state index contributed by atoms with van der Waals surface area (Å²) in [5, 5.41) is 0. The Labute approximate surface area is 112 Å². The molecular weight excluding hydrogens is 248 g/mol. The van der Waals surface area contributed by atoms with Gasteiger partial charge in [-0.25, -0.2) is 0 Å². The van der Waals surface area contributed by atoms with Gasteiger partial charge in [0.1, 0.15) is 12.4 Å². The number of hydrogen-bond donors (Lipinski definition) is 0. The van der Waals surface area contributed by atoms with Crippen LogP contribution >= 0.6 is 11.8 Å². The van der Waals surface area contributed by atoms with E-state index in [1.165, 1.54) is 0 Å². The molecule has 1 aromatic rings. The highest BCUT2D eigenvalue weighted by Gasteiger charge is 2.18. The number of carbonyl (C=O) groups is 1. The van der Waals surface area contributed by atoms with Gasteiger partial charge in [-0.15, -0.1) is 0 Å². The van der Waals surface area contributed by atoms with Gasteiger partial charge in [-0.05, 0) is 36.3 Å². The average Bonchev–Trinajstić information content (AvgIpc) is 2.89. The van der Waals surface area contributed by atoms with Crippen LogP contribution in [0.25, 0.3) is 0 Å². The Kier molecular flexibility index (Phi) is 4.93. The van der Waals surface area contributed by atoms with E-state index in [0.29, 0.717) is 6.42 Å². The van der Waals surface area contributed by atoms with Gasteiger partial charge in [-0.2, -0.15) is 11.8 Å². The van der Waals surface area contributed by atoms with Crippen molar-refractivity contribution in [2.24, 2.45) is 0 Å². The second-order valence-corrected chi connectivity index (χ2v) is 5.44. The summed E-state index contributed by atoms with van der Waals surface area (Å²) >= 11 is 1.92. The molecule has 2 rings (SSSR count). The summed E-state index contributed by atoms with van der Waals surface area (Å²) in [5.74, 6) is 3.77. The summed E-state index contributed by atoms with van der Waals surface area (Å²) < 4.78 is 11.3. The molecule has 0 bridgehead atoms. The number of ether oxygens (including phenoxy) is 2. The number of thioether (sulfide) groups is 1. The van der Waals surface area contributed by atoms with Gasteiger partial charge in [0.25, 0.3) is 0 Å². The van der Waals surface area contributed by atoms with Crippen molar-refractivity contribution in [3.8, 4) is 11.5 Å². The molecule has 0 radical (unpaired) electrons. The summed E-state index contributed by atoms with van der Waals surface area (Å²) in [4.78, 5) is 10.4. The van der Waals surface area contributed by atoms with E-state index in [9.17, 15) is 4.79 Å². The lowest BCUT2D eigenvalue weighted by atomic mass is 10.1. The van der Waals surface area contributed by atoms with Crippen LogP contribution in [0, 0.1) is 0 Å². The third kappa shape index (κ3) is 3.42. The number of aldehydes is 1. The van der Waals surface area contributed by atoms with E-state index >= 15 is 0 Å². The zero-order chi connectivity index (χ0) is 12.8. The molecule has 1 fully saturated rings. The molecule has 18 heavy (non-hydrogen) atoms. The highest BCUT2D eigenvalue weighted by Crippen LogP contribution is 2.32. The Bertz CT molecular complexity index is 400. The van der Waals surface area contributed by atoms with E-state index in [0.717, 1.165) is 47.7 Å². The van der Waals surface area contributed by atoms with Gasteiger partial charge in [0.05, 0.1) is 7.11 Å². The number of rotatable bonds is 6. The number of methoxy groups -OCH3 is 1. The second kappa shape index (κ2) is 6.69. The molecule has 3 nitrogen and oxygen atoms in total. The van der Waals surface area contributed by atoms with E-state index in [1.807, 2.05) is 30.0 Å². The SMILES string of the molecule is COc1ccc(CCC=O)cc1OC1CCSC1. The molecule has 4 heteroatoms. The van der Waals surface area contributed by atoms with Crippen LogP contribution in [0.15, 0.2) is 18.2 Å². The van der Waals surface area contributed by atoms with Crippen LogP contribution in [0.4, 0.5) is 0 Å². The van der Waals surface area contributed by atoms with Gasteiger partial charge < -0.3 is 14.3 Å². The molecule has 1 unspecified atom stereocenters. The van der Waals surface area contributed by atoms with Crippen molar-refractivity contribution in [3.05, 3.63) is 23.8 Å². The van der Waals surface area contributed by atoms with Crippen molar-refractivity contribution in [1.82, 2.24) is 0 Å². The minimum Gasteiger partial charge on any atom is -0.493 e. The summed E-state index contributed by atoms with van der Waals surface area (Å²) in [5.41, 5.74) is 1.11. The van der Waals surface area contributed by atoms with Crippen molar-refractivity contribution in [2.45, 2.75) is 25.4 Å². The van der Waals surface area contributed by atoms with Gasteiger partial charge in [-0.3, -0.25) is 0 Å². The first-order valence-corrected chi connectivity index (χ1v) is 7.34. The maximum atomic E-state index is 10.4. The minimum atomic E-state index is 0.283. The highest BCUT2D eigenvalue weighted by molar-refractivity contribution is 7.99. The first-order valence-electron chi connectivity index (χ1n) is 6.18. The topological polar surface area (TPSA) is 35.5 Å². The first-order chi connectivity index (χ1) is 8.83. The van der Waals surface area contributed by atoms with Crippen molar-refractivity contribution in [2.75, 3.05) is 18.6 Å². The maximum Gasteiger partial charge on any atom is 0.161 e. The van der Waals surface area contributed by atoms with E-state index in [2.05, 4.69) is 0 Å². The molecule has 1 heterocycles. The van der Waals surface area contributed by atoms with Gasteiger partial charge >= 0.3 is 0 Å². The first kappa shape index (κ1) is 13.3. The van der Waals surface area contributed by atoms with Crippen LogP contribution < -0.4 is 9.47 Å². The van der Waals surface area contributed by atoms with Crippen molar-refractivity contribution in [3.63, 3.8) is 0 Å². The van der Waals surface area contributed by atoms with E-state index < -0.39 is 0 Å². The van der Waals surface area contributed by atoms with E-state index in [-0.39, 0.29) is 6.10 Å². The van der Waals surface area contributed by atoms with Gasteiger partial charge in [0.15, 0.2) is 11.5 Å². The Morgan fingerprint density at radius 2 is 2.33 bits per heavy atom. The standard InChI is InChI=1S/C14H18O3S/c1-16-13-5-4-11(3-2-7-15)9-14(13)17-12-6-8-18-10-12/h4-5,7,9,12H,2-3,6,8,10H2,1H3. The Morgan fingerprint density at radius 3 is 3.00 bits per heavy atom. The van der Waals surface area contributed by atoms with Crippen molar-refractivity contribution < 1.29 is 14.3 Å². The predicted molar refractivity (Wildman–Crippen MR) is 73.7 cm³/mol.